The molecule has 0 aliphatic heterocycles. The van der Waals surface area contributed by atoms with E-state index in [4.69, 9.17) is 15.2 Å². The summed E-state index contributed by atoms with van der Waals surface area (Å²) in [5, 5.41) is 0. The molecular weight excluding hydrogens is 248 g/mol. The molecule has 0 saturated heterocycles. The Kier molecular flexibility index (Phi) is 5.11. The lowest BCUT2D eigenvalue weighted by Gasteiger charge is -2.19. The van der Waals surface area contributed by atoms with Gasteiger partial charge < -0.3 is 19.9 Å². The third kappa shape index (κ3) is 5.13. The Morgan fingerprint density at radius 3 is 2.58 bits per heavy atom. The number of nitrogens with zero attached hydrogens (tertiary/aromatic N) is 1. The lowest BCUT2D eigenvalue weighted by Crippen LogP contribution is -2.22. The molecule has 0 saturated carbocycles. The fraction of sp³-hybridized carbons (Fsp3) is 0.538. The van der Waals surface area contributed by atoms with Crippen molar-refractivity contribution in [1.82, 2.24) is 4.98 Å². The summed E-state index contributed by atoms with van der Waals surface area (Å²) in [6.45, 7) is 6.58. The van der Waals surface area contributed by atoms with Crippen molar-refractivity contribution in [2.75, 3.05) is 26.1 Å². The van der Waals surface area contributed by atoms with Gasteiger partial charge in [-0.3, -0.25) is 0 Å². The molecule has 0 aliphatic rings. The van der Waals surface area contributed by atoms with Crippen molar-refractivity contribution in [3.63, 3.8) is 0 Å². The molecule has 2 N–H and O–H groups in total. The minimum absolute atomic E-state index is 0.156. The van der Waals surface area contributed by atoms with Crippen LogP contribution in [0.25, 0.3) is 0 Å². The third-order valence-corrected chi connectivity index (χ3v) is 2.14. The van der Waals surface area contributed by atoms with Crippen LogP contribution in [0.3, 0.4) is 0 Å². The van der Waals surface area contributed by atoms with E-state index in [0.717, 1.165) is 0 Å². The Hall–Kier alpha value is -1.82. The lowest BCUT2D eigenvalue weighted by molar-refractivity contribution is -0.0167. The number of hydrogen-bond donors (Lipinski definition) is 1. The Bertz CT molecular complexity index is 441. The lowest BCUT2D eigenvalue weighted by atomic mass is 10.2. The molecule has 6 nitrogen and oxygen atoms in total. The third-order valence-electron chi connectivity index (χ3n) is 2.14. The van der Waals surface area contributed by atoms with E-state index < -0.39 is 5.97 Å². The standard InChI is InChI=1S/C13H20N2O4/c1-13(2,3)19-8-7-18-11-9(14)5-6-10(15-11)12(16)17-4/h5-6H,7-8,14H2,1-4H3. The van der Waals surface area contributed by atoms with Crippen LogP contribution in [0.15, 0.2) is 12.1 Å². The van der Waals surface area contributed by atoms with Crippen LogP contribution in [0.4, 0.5) is 5.69 Å². The summed E-state index contributed by atoms with van der Waals surface area (Å²) in [6.07, 6.45) is 0. The predicted octanol–water partition coefficient (Wildman–Crippen LogP) is 1.64. The second-order valence-corrected chi connectivity index (χ2v) is 4.89. The monoisotopic (exact) mass is 268 g/mol. The van der Waals surface area contributed by atoms with Crippen LogP contribution in [0.1, 0.15) is 31.3 Å². The number of hydrogen-bond acceptors (Lipinski definition) is 6. The summed E-state index contributed by atoms with van der Waals surface area (Å²) in [5.41, 5.74) is 6.01. The highest BCUT2D eigenvalue weighted by Gasteiger charge is 2.12. The normalized spacial score (nSPS) is 11.2. The van der Waals surface area contributed by atoms with E-state index in [2.05, 4.69) is 9.72 Å². The van der Waals surface area contributed by atoms with Gasteiger partial charge in [-0.05, 0) is 32.9 Å². The number of nitrogens with two attached hydrogens (primary N) is 1. The van der Waals surface area contributed by atoms with Gasteiger partial charge in [-0.15, -0.1) is 0 Å². The first-order valence-electron chi connectivity index (χ1n) is 5.95. The van der Waals surface area contributed by atoms with Crippen molar-refractivity contribution in [1.29, 1.82) is 0 Å². The smallest absolute Gasteiger partial charge is 0.356 e. The van der Waals surface area contributed by atoms with Gasteiger partial charge in [-0.2, -0.15) is 0 Å². The summed E-state index contributed by atoms with van der Waals surface area (Å²) in [6, 6.07) is 3.04. The zero-order valence-electron chi connectivity index (χ0n) is 11.7. The van der Waals surface area contributed by atoms with Gasteiger partial charge in [-0.25, -0.2) is 9.78 Å². The molecule has 0 fully saturated rings. The fourth-order valence-electron chi connectivity index (χ4n) is 1.27. The summed E-state index contributed by atoms with van der Waals surface area (Å²) in [7, 11) is 1.29. The number of pyridine rings is 1. The number of esters is 1. The first-order valence-corrected chi connectivity index (χ1v) is 5.95. The highest BCUT2D eigenvalue weighted by molar-refractivity contribution is 5.87. The van der Waals surface area contributed by atoms with E-state index in [1.165, 1.54) is 13.2 Å². The van der Waals surface area contributed by atoms with Crippen LogP contribution < -0.4 is 10.5 Å². The number of methoxy groups -OCH3 is 1. The molecular formula is C13H20N2O4. The number of anilines is 1. The fourth-order valence-corrected chi connectivity index (χ4v) is 1.27. The summed E-state index contributed by atoms with van der Waals surface area (Å²) < 4.78 is 15.5. The van der Waals surface area contributed by atoms with Gasteiger partial charge in [0.15, 0.2) is 5.69 Å². The predicted molar refractivity (Wildman–Crippen MR) is 71.2 cm³/mol. The maximum Gasteiger partial charge on any atom is 0.356 e. The molecule has 106 valence electrons. The van der Waals surface area contributed by atoms with Crippen molar-refractivity contribution in [3.05, 3.63) is 17.8 Å². The average Bonchev–Trinajstić information content (AvgIpc) is 2.34. The SMILES string of the molecule is COC(=O)c1ccc(N)c(OCCOC(C)(C)C)n1. The number of rotatable bonds is 5. The van der Waals surface area contributed by atoms with Crippen LogP contribution in [-0.2, 0) is 9.47 Å². The van der Waals surface area contributed by atoms with Crippen molar-refractivity contribution in [2.45, 2.75) is 26.4 Å². The summed E-state index contributed by atoms with van der Waals surface area (Å²) in [5.74, 6) is -0.323. The quantitative estimate of drug-likeness (QED) is 0.645. The zero-order chi connectivity index (χ0) is 14.5. The first-order chi connectivity index (χ1) is 8.83. The topological polar surface area (TPSA) is 83.7 Å². The molecule has 6 heteroatoms. The zero-order valence-corrected chi connectivity index (χ0v) is 11.7. The Morgan fingerprint density at radius 1 is 1.32 bits per heavy atom. The molecule has 1 aromatic heterocycles. The van der Waals surface area contributed by atoms with Gasteiger partial charge >= 0.3 is 5.97 Å². The molecule has 0 radical (unpaired) electrons. The largest absolute Gasteiger partial charge is 0.474 e. The highest BCUT2D eigenvalue weighted by Crippen LogP contribution is 2.19. The summed E-state index contributed by atoms with van der Waals surface area (Å²) in [4.78, 5) is 15.3. The van der Waals surface area contributed by atoms with Crippen LogP contribution in [0.2, 0.25) is 0 Å². The van der Waals surface area contributed by atoms with E-state index in [1.807, 2.05) is 20.8 Å². The van der Waals surface area contributed by atoms with Gasteiger partial charge in [0, 0.05) is 0 Å². The first kappa shape index (κ1) is 15.2. The van der Waals surface area contributed by atoms with Crippen molar-refractivity contribution in [3.8, 4) is 5.88 Å². The van der Waals surface area contributed by atoms with Gasteiger partial charge in [0.05, 0.1) is 25.0 Å². The van der Waals surface area contributed by atoms with Crippen LogP contribution in [-0.4, -0.2) is 36.9 Å². The molecule has 1 heterocycles. The molecule has 0 amide bonds. The van der Waals surface area contributed by atoms with Crippen LogP contribution in [0.5, 0.6) is 5.88 Å². The van der Waals surface area contributed by atoms with E-state index >= 15 is 0 Å². The molecule has 1 rings (SSSR count). The number of ether oxygens (including phenoxy) is 3. The Balaban J connectivity index is 2.60. The number of carbonyl (C=O) groups excluding carboxylic acids is 1. The molecule has 0 spiro atoms. The second-order valence-electron chi connectivity index (χ2n) is 4.89. The molecule has 0 atom stereocenters. The molecule has 0 aromatic carbocycles. The molecule has 0 unspecified atom stereocenters. The molecule has 0 aliphatic carbocycles. The van der Waals surface area contributed by atoms with Crippen LogP contribution in [0, 0.1) is 0 Å². The average molecular weight is 268 g/mol. The molecule has 0 bridgehead atoms. The maximum atomic E-state index is 11.3. The van der Waals surface area contributed by atoms with Gasteiger partial charge in [-0.1, -0.05) is 0 Å². The maximum absolute atomic E-state index is 11.3. The molecule has 19 heavy (non-hydrogen) atoms. The minimum Gasteiger partial charge on any atom is -0.474 e. The van der Waals surface area contributed by atoms with E-state index in [1.54, 1.807) is 6.07 Å². The van der Waals surface area contributed by atoms with Gasteiger partial charge in [0.2, 0.25) is 5.88 Å². The summed E-state index contributed by atoms with van der Waals surface area (Å²) >= 11 is 0. The van der Waals surface area contributed by atoms with Gasteiger partial charge in [0.1, 0.15) is 6.61 Å². The number of nitrogen functional groups attached to an aromatic ring is 1. The van der Waals surface area contributed by atoms with E-state index in [9.17, 15) is 4.79 Å². The van der Waals surface area contributed by atoms with Crippen LogP contribution >= 0.6 is 0 Å². The number of aromatic nitrogens is 1. The van der Waals surface area contributed by atoms with E-state index in [-0.39, 0.29) is 17.2 Å². The number of carbonyl (C=O) groups is 1. The van der Waals surface area contributed by atoms with Crippen molar-refractivity contribution >= 4 is 11.7 Å². The second kappa shape index (κ2) is 6.38. The van der Waals surface area contributed by atoms with Crippen molar-refractivity contribution in [2.24, 2.45) is 0 Å². The van der Waals surface area contributed by atoms with Crippen molar-refractivity contribution < 1.29 is 19.0 Å². The Morgan fingerprint density at radius 2 is 2.00 bits per heavy atom. The Labute approximate surface area is 112 Å². The van der Waals surface area contributed by atoms with Gasteiger partial charge in [0.25, 0.3) is 0 Å². The highest BCUT2D eigenvalue weighted by atomic mass is 16.5. The van der Waals surface area contributed by atoms with E-state index in [0.29, 0.717) is 18.9 Å². The molecule has 1 aromatic rings. The minimum atomic E-state index is -0.532.